The molecule has 1 unspecified atom stereocenters. The first kappa shape index (κ1) is 19.8. The topological polar surface area (TPSA) is 76.7 Å². The van der Waals surface area contributed by atoms with Crippen LogP contribution in [-0.4, -0.2) is 31.1 Å². The lowest BCUT2D eigenvalue weighted by molar-refractivity contribution is -0.137. The largest absolute Gasteiger partial charge is 0.486 e. The van der Waals surface area contributed by atoms with E-state index in [0.717, 1.165) is 12.1 Å². The van der Waals surface area contributed by atoms with Gasteiger partial charge in [-0.2, -0.15) is 13.2 Å². The molecular formula is C18H14ClF3N2O4. The average molecular weight is 415 g/mol. The Bertz CT molecular complexity index is 905. The van der Waals surface area contributed by atoms with Crippen molar-refractivity contribution in [1.82, 2.24) is 5.32 Å². The van der Waals surface area contributed by atoms with E-state index in [1.54, 1.807) is 24.3 Å². The second kappa shape index (κ2) is 7.97. The van der Waals surface area contributed by atoms with Crippen molar-refractivity contribution in [3.05, 3.63) is 53.1 Å². The molecule has 1 aliphatic heterocycles. The number of halogens is 4. The Morgan fingerprint density at radius 2 is 1.82 bits per heavy atom. The molecule has 0 saturated heterocycles. The molecule has 148 valence electrons. The molecule has 0 radical (unpaired) electrons. The second-order valence-electron chi connectivity index (χ2n) is 5.85. The van der Waals surface area contributed by atoms with E-state index >= 15 is 0 Å². The zero-order valence-electron chi connectivity index (χ0n) is 14.2. The quantitative estimate of drug-likeness (QED) is 0.756. The van der Waals surface area contributed by atoms with Gasteiger partial charge in [-0.3, -0.25) is 9.59 Å². The number of ether oxygens (including phenoxy) is 2. The van der Waals surface area contributed by atoms with Gasteiger partial charge in [0.1, 0.15) is 12.7 Å². The molecule has 0 bridgehead atoms. The number of amides is 2. The highest BCUT2D eigenvalue weighted by molar-refractivity contribution is 6.39. The number of alkyl halides is 3. The molecular weight excluding hydrogens is 401 g/mol. The van der Waals surface area contributed by atoms with Gasteiger partial charge in [0.05, 0.1) is 17.1 Å². The van der Waals surface area contributed by atoms with Gasteiger partial charge in [-0.15, -0.1) is 0 Å². The molecule has 10 heteroatoms. The van der Waals surface area contributed by atoms with E-state index in [1.165, 1.54) is 0 Å². The summed E-state index contributed by atoms with van der Waals surface area (Å²) >= 11 is 5.51. The molecule has 2 amide bonds. The average Bonchev–Trinajstić information content (AvgIpc) is 2.66. The Balaban J connectivity index is 1.55. The fraction of sp³-hybridized carbons (Fsp3) is 0.222. The van der Waals surface area contributed by atoms with Crippen molar-refractivity contribution in [2.75, 3.05) is 18.5 Å². The van der Waals surface area contributed by atoms with E-state index in [-0.39, 0.29) is 18.8 Å². The van der Waals surface area contributed by atoms with Crippen molar-refractivity contribution in [3.8, 4) is 11.5 Å². The van der Waals surface area contributed by atoms with Crippen molar-refractivity contribution in [2.45, 2.75) is 12.3 Å². The summed E-state index contributed by atoms with van der Waals surface area (Å²) in [6, 6.07) is 9.80. The predicted octanol–water partition coefficient (Wildman–Crippen LogP) is 3.25. The van der Waals surface area contributed by atoms with Crippen LogP contribution in [0.1, 0.15) is 5.56 Å². The summed E-state index contributed by atoms with van der Waals surface area (Å²) in [6.07, 6.45) is -5.20. The number of hydrogen-bond acceptors (Lipinski definition) is 4. The third kappa shape index (κ3) is 4.66. The number of carbonyl (C=O) groups is 2. The molecule has 1 aliphatic rings. The van der Waals surface area contributed by atoms with Crippen molar-refractivity contribution in [2.24, 2.45) is 0 Å². The SMILES string of the molecule is O=C(NCC1COc2ccccc2O1)C(=O)Nc1ccc(Cl)c(C(F)(F)F)c1. The van der Waals surface area contributed by atoms with E-state index in [0.29, 0.717) is 17.6 Å². The molecule has 0 aliphatic carbocycles. The number of nitrogens with one attached hydrogen (secondary N) is 2. The Morgan fingerprint density at radius 1 is 1.11 bits per heavy atom. The van der Waals surface area contributed by atoms with E-state index < -0.39 is 34.7 Å². The van der Waals surface area contributed by atoms with Gasteiger partial charge in [-0.1, -0.05) is 23.7 Å². The summed E-state index contributed by atoms with van der Waals surface area (Å²) in [5, 5.41) is 3.95. The molecule has 0 aromatic heterocycles. The Kier molecular flexibility index (Phi) is 5.64. The van der Waals surface area contributed by atoms with Crippen LogP contribution in [-0.2, 0) is 15.8 Å². The van der Waals surface area contributed by atoms with Crippen molar-refractivity contribution < 1.29 is 32.2 Å². The maximum absolute atomic E-state index is 12.9. The summed E-state index contributed by atoms with van der Waals surface area (Å²) < 4.78 is 49.7. The lowest BCUT2D eigenvalue weighted by Crippen LogP contribution is -2.44. The van der Waals surface area contributed by atoms with Gasteiger partial charge in [0.25, 0.3) is 0 Å². The minimum Gasteiger partial charge on any atom is -0.486 e. The molecule has 1 heterocycles. The van der Waals surface area contributed by atoms with Gasteiger partial charge in [-0.05, 0) is 30.3 Å². The van der Waals surface area contributed by atoms with Gasteiger partial charge in [0.15, 0.2) is 11.5 Å². The number of fused-ring (bicyclic) bond motifs is 1. The minimum atomic E-state index is -4.69. The highest BCUT2D eigenvalue weighted by Crippen LogP contribution is 2.36. The number of hydrogen-bond donors (Lipinski definition) is 2. The third-order valence-electron chi connectivity index (χ3n) is 3.79. The van der Waals surface area contributed by atoms with Crippen LogP contribution in [0.2, 0.25) is 5.02 Å². The van der Waals surface area contributed by atoms with Crippen LogP contribution in [0.25, 0.3) is 0 Å². The zero-order chi connectivity index (χ0) is 20.3. The third-order valence-corrected chi connectivity index (χ3v) is 4.12. The number of para-hydroxylation sites is 2. The lowest BCUT2D eigenvalue weighted by Gasteiger charge is -2.26. The molecule has 0 saturated carbocycles. The van der Waals surface area contributed by atoms with Gasteiger partial charge in [-0.25, -0.2) is 0 Å². The van der Waals surface area contributed by atoms with Crippen molar-refractivity contribution in [3.63, 3.8) is 0 Å². The van der Waals surface area contributed by atoms with E-state index in [4.69, 9.17) is 21.1 Å². The fourth-order valence-electron chi connectivity index (χ4n) is 2.46. The van der Waals surface area contributed by atoms with Gasteiger partial charge < -0.3 is 20.1 Å². The number of carbonyl (C=O) groups excluding carboxylic acids is 2. The number of rotatable bonds is 3. The molecule has 2 aromatic carbocycles. The van der Waals surface area contributed by atoms with E-state index in [2.05, 4.69) is 10.6 Å². The number of anilines is 1. The zero-order valence-corrected chi connectivity index (χ0v) is 14.9. The van der Waals surface area contributed by atoms with E-state index in [9.17, 15) is 22.8 Å². The predicted molar refractivity (Wildman–Crippen MR) is 94.4 cm³/mol. The van der Waals surface area contributed by atoms with Crippen LogP contribution < -0.4 is 20.1 Å². The van der Waals surface area contributed by atoms with Gasteiger partial charge >= 0.3 is 18.0 Å². The summed E-state index contributed by atoms with van der Waals surface area (Å²) in [5.74, 6) is -1.05. The molecule has 2 N–H and O–H groups in total. The smallest absolute Gasteiger partial charge is 0.417 e. The normalized spacial score (nSPS) is 15.6. The first-order valence-corrected chi connectivity index (χ1v) is 8.46. The minimum absolute atomic E-state index is 0.0188. The first-order chi connectivity index (χ1) is 13.2. The van der Waals surface area contributed by atoms with Gasteiger partial charge in [0, 0.05) is 5.69 Å². The van der Waals surface area contributed by atoms with Crippen LogP contribution >= 0.6 is 11.6 Å². The first-order valence-electron chi connectivity index (χ1n) is 8.08. The molecule has 6 nitrogen and oxygen atoms in total. The molecule has 0 fully saturated rings. The monoisotopic (exact) mass is 414 g/mol. The van der Waals surface area contributed by atoms with E-state index in [1.807, 2.05) is 0 Å². The molecule has 0 spiro atoms. The van der Waals surface area contributed by atoms with Crippen molar-refractivity contribution in [1.29, 1.82) is 0 Å². The van der Waals surface area contributed by atoms with Crippen LogP contribution in [0.15, 0.2) is 42.5 Å². The van der Waals surface area contributed by atoms with Crippen LogP contribution in [0, 0.1) is 0 Å². The highest BCUT2D eigenvalue weighted by atomic mass is 35.5. The Hall–Kier alpha value is -2.94. The summed E-state index contributed by atoms with van der Waals surface area (Å²) in [6.45, 7) is 0.153. The van der Waals surface area contributed by atoms with Crippen LogP contribution in [0.4, 0.5) is 18.9 Å². The van der Waals surface area contributed by atoms with Crippen LogP contribution in [0.5, 0.6) is 11.5 Å². The van der Waals surface area contributed by atoms with Gasteiger partial charge in [0.2, 0.25) is 0 Å². The maximum Gasteiger partial charge on any atom is 0.417 e. The standard InChI is InChI=1S/C18H14ClF3N2O4/c19-13-6-5-10(7-12(13)18(20,21)22)24-17(26)16(25)23-8-11-9-27-14-3-1-2-4-15(14)28-11/h1-7,11H,8-9H2,(H,23,25)(H,24,26). The Labute approximate surface area is 162 Å². The molecule has 1 atom stereocenters. The molecule has 3 rings (SSSR count). The second-order valence-corrected chi connectivity index (χ2v) is 6.26. The number of benzene rings is 2. The highest BCUT2D eigenvalue weighted by Gasteiger charge is 2.33. The Morgan fingerprint density at radius 3 is 2.54 bits per heavy atom. The van der Waals surface area contributed by atoms with Crippen LogP contribution in [0.3, 0.4) is 0 Å². The fourth-order valence-corrected chi connectivity index (χ4v) is 2.68. The summed E-state index contributed by atoms with van der Waals surface area (Å²) in [5.41, 5.74) is -1.32. The summed E-state index contributed by atoms with van der Waals surface area (Å²) in [4.78, 5) is 23.8. The summed E-state index contributed by atoms with van der Waals surface area (Å²) in [7, 11) is 0. The van der Waals surface area contributed by atoms with Crippen molar-refractivity contribution >= 4 is 29.1 Å². The molecule has 28 heavy (non-hydrogen) atoms. The maximum atomic E-state index is 12.9. The molecule has 2 aromatic rings. The lowest BCUT2D eigenvalue weighted by atomic mass is 10.2.